The van der Waals surface area contributed by atoms with Crippen molar-refractivity contribution in [3.05, 3.63) is 12.2 Å². The Bertz CT molecular complexity index is 293. The van der Waals surface area contributed by atoms with Crippen LogP contribution in [0, 0.1) is 0 Å². The van der Waals surface area contributed by atoms with Crippen molar-refractivity contribution >= 4 is 11.7 Å². The van der Waals surface area contributed by atoms with Crippen molar-refractivity contribution in [2.75, 3.05) is 6.61 Å². The highest BCUT2D eigenvalue weighted by Gasteiger charge is 2.40. The van der Waals surface area contributed by atoms with Gasteiger partial charge in [0.05, 0.1) is 6.61 Å². The van der Waals surface area contributed by atoms with Crippen LogP contribution in [0.5, 0.6) is 0 Å². The SMILES string of the molecule is C=C1COC2(CCC(=O)CC2)NC1=O. The third kappa shape index (κ3) is 1.57. The lowest BCUT2D eigenvalue weighted by Crippen LogP contribution is -2.57. The fourth-order valence-electron chi connectivity index (χ4n) is 1.82. The molecule has 1 heterocycles. The number of amides is 1. The van der Waals surface area contributed by atoms with E-state index in [0.717, 1.165) is 0 Å². The van der Waals surface area contributed by atoms with E-state index in [0.29, 0.717) is 31.3 Å². The van der Waals surface area contributed by atoms with Crippen LogP contribution in [0.2, 0.25) is 0 Å². The second kappa shape index (κ2) is 3.20. The molecule has 1 aliphatic heterocycles. The molecule has 14 heavy (non-hydrogen) atoms. The molecule has 0 aromatic rings. The number of hydrogen-bond donors (Lipinski definition) is 1. The predicted octanol–water partition coefficient (Wildman–Crippen LogP) is 0.528. The van der Waals surface area contributed by atoms with Crippen molar-refractivity contribution in [1.29, 1.82) is 0 Å². The predicted molar refractivity (Wildman–Crippen MR) is 49.4 cm³/mol. The Hall–Kier alpha value is -1.16. The fraction of sp³-hybridized carbons (Fsp3) is 0.600. The number of rotatable bonds is 0. The Morgan fingerprint density at radius 3 is 2.50 bits per heavy atom. The maximum absolute atomic E-state index is 11.4. The third-order valence-corrected chi connectivity index (χ3v) is 2.80. The molecular weight excluding hydrogens is 182 g/mol. The van der Waals surface area contributed by atoms with Crippen molar-refractivity contribution < 1.29 is 14.3 Å². The molecule has 1 saturated heterocycles. The summed E-state index contributed by atoms with van der Waals surface area (Å²) in [5, 5.41) is 2.79. The van der Waals surface area contributed by atoms with Gasteiger partial charge in [-0.15, -0.1) is 0 Å². The van der Waals surface area contributed by atoms with E-state index in [1.54, 1.807) is 0 Å². The van der Waals surface area contributed by atoms with Crippen molar-refractivity contribution in [2.45, 2.75) is 31.4 Å². The summed E-state index contributed by atoms with van der Waals surface area (Å²) in [6.45, 7) is 3.86. The summed E-state index contributed by atoms with van der Waals surface area (Å²) in [7, 11) is 0. The van der Waals surface area contributed by atoms with Crippen molar-refractivity contribution in [1.82, 2.24) is 5.32 Å². The minimum absolute atomic E-state index is 0.148. The molecule has 0 bridgehead atoms. The summed E-state index contributed by atoms with van der Waals surface area (Å²) in [4.78, 5) is 22.4. The summed E-state index contributed by atoms with van der Waals surface area (Å²) >= 11 is 0. The van der Waals surface area contributed by atoms with Gasteiger partial charge in [0.2, 0.25) is 0 Å². The first-order valence-corrected chi connectivity index (χ1v) is 4.77. The van der Waals surface area contributed by atoms with Crippen LogP contribution in [0.25, 0.3) is 0 Å². The van der Waals surface area contributed by atoms with Crippen LogP contribution in [0.1, 0.15) is 25.7 Å². The Labute approximate surface area is 82.3 Å². The largest absolute Gasteiger partial charge is 0.351 e. The number of carbonyl (C=O) groups is 2. The van der Waals surface area contributed by atoms with Gasteiger partial charge in [-0.3, -0.25) is 9.59 Å². The number of ketones is 1. The van der Waals surface area contributed by atoms with Gasteiger partial charge < -0.3 is 10.1 Å². The zero-order valence-corrected chi connectivity index (χ0v) is 7.97. The molecule has 0 aromatic heterocycles. The summed E-state index contributed by atoms with van der Waals surface area (Å²) in [5.74, 6) is 0.100. The van der Waals surface area contributed by atoms with Gasteiger partial charge >= 0.3 is 0 Å². The van der Waals surface area contributed by atoms with Gasteiger partial charge in [0, 0.05) is 31.3 Å². The van der Waals surface area contributed by atoms with E-state index < -0.39 is 5.72 Å². The zero-order chi connectivity index (χ0) is 10.2. The highest BCUT2D eigenvalue weighted by atomic mass is 16.5. The maximum atomic E-state index is 11.4. The first-order valence-electron chi connectivity index (χ1n) is 4.77. The topological polar surface area (TPSA) is 55.4 Å². The van der Waals surface area contributed by atoms with Gasteiger partial charge in [-0.2, -0.15) is 0 Å². The van der Waals surface area contributed by atoms with Gasteiger partial charge in [-0.25, -0.2) is 0 Å². The summed E-state index contributed by atoms with van der Waals surface area (Å²) in [5.41, 5.74) is -0.140. The Morgan fingerprint density at radius 1 is 1.29 bits per heavy atom. The molecule has 0 aromatic carbocycles. The smallest absolute Gasteiger partial charge is 0.251 e. The Morgan fingerprint density at radius 2 is 1.93 bits per heavy atom. The molecule has 2 rings (SSSR count). The molecule has 1 spiro atoms. The van der Waals surface area contributed by atoms with Crippen LogP contribution in [0.4, 0.5) is 0 Å². The average Bonchev–Trinajstić information content (AvgIpc) is 2.18. The van der Waals surface area contributed by atoms with E-state index >= 15 is 0 Å². The van der Waals surface area contributed by atoms with Crippen LogP contribution < -0.4 is 5.32 Å². The molecule has 76 valence electrons. The molecule has 4 nitrogen and oxygen atoms in total. The lowest BCUT2D eigenvalue weighted by molar-refractivity contribution is -0.150. The summed E-state index contributed by atoms with van der Waals surface area (Å²) in [6, 6.07) is 0. The molecule has 1 amide bonds. The molecule has 0 radical (unpaired) electrons. The highest BCUT2D eigenvalue weighted by molar-refractivity contribution is 5.94. The van der Waals surface area contributed by atoms with Crippen molar-refractivity contribution in [2.24, 2.45) is 0 Å². The van der Waals surface area contributed by atoms with Crippen LogP contribution >= 0.6 is 0 Å². The summed E-state index contributed by atoms with van der Waals surface area (Å²) < 4.78 is 5.55. The monoisotopic (exact) mass is 195 g/mol. The molecule has 1 saturated carbocycles. The molecule has 0 unspecified atom stereocenters. The molecule has 4 heteroatoms. The van der Waals surface area contributed by atoms with E-state index in [-0.39, 0.29) is 18.3 Å². The molecule has 2 aliphatic rings. The molecule has 0 atom stereocenters. The minimum atomic E-state index is -0.591. The lowest BCUT2D eigenvalue weighted by Gasteiger charge is -2.40. The minimum Gasteiger partial charge on any atom is -0.351 e. The third-order valence-electron chi connectivity index (χ3n) is 2.80. The second-order valence-corrected chi connectivity index (χ2v) is 3.88. The Kier molecular flexibility index (Phi) is 2.15. The van der Waals surface area contributed by atoms with Gasteiger partial charge in [0.25, 0.3) is 5.91 Å². The van der Waals surface area contributed by atoms with Gasteiger partial charge in [-0.05, 0) is 0 Å². The van der Waals surface area contributed by atoms with E-state index in [4.69, 9.17) is 4.74 Å². The summed E-state index contributed by atoms with van der Waals surface area (Å²) in [6.07, 6.45) is 2.16. The van der Waals surface area contributed by atoms with Crippen molar-refractivity contribution in [3.63, 3.8) is 0 Å². The van der Waals surface area contributed by atoms with Gasteiger partial charge in [0.1, 0.15) is 11.5 Å². The van der Waals surface area contributed by atoms with Crippen LogP contribution in [-0.4, -0.2) is 24.0 Å². The number of carbonyl (C=O) groups excluding carboxylic acids is 2. The molecular formula is C10H13NO3. The standard InChI is InChI=1S/C10H13NO3/c1-7-6-14-10(11-9(7)13)4-2-8(12)3-5-10/h1-6H2,(H,11,13). The number of ether oxygens (including phenoxy) is 1. The van der Waals surface area contributed by atoms with E-state index in [9.17, 15) is 9.59 Å². The van der Waals surface area contributed by atoms with Crippen molar-refractivity contribution in [3.8, 4) is 0 Å². The van der Waals surface area contributed by atoms with E-state index in [1.165, 1.54) is 0 Å². The number of Topliss-reactive ketones (excluding diaryl/α,β-unsaturated/α-hetero) is 1. The lowest BCUT2D eigenvalue weighted by atomic mass is 9.89. The van der Waals surface area contributed by atoms with Crippen LogP contribution in [-0.2, 0) is 14.3 Å². The van der Waals surface area contributed by atoms with Gasteiger partial charge in [-0.1, -0.05) is 6.58 Å². The molecule has 1 aliphatic carbocycles. The average molecular weight is 195 g/mol. The Balaban J connectivity index is 2.07. The van der Waals surface area contributed by atoms with Gasteiger partial charge in [0.15, 0.2) is 0 Å². The maximum Gasteiger partial charge on any atom is 0.251 e. The second-order valence-electron chi connectivity index (χ2n) is 3.88. The molecule has 2 fully saturated rings. The zero-order valence-electron chi connectivity index (χ0n) is 7.97. The molecule has 1 N–H and O–H groups in total. The van der Waals surface area contributed by atoms with Crippen LogP contribution in [0.3, 0.4) is 0 Å². The normalized spacial score (nSPS) is 26.4. The quantitative estimate of drug-likeness (QED) is 0.573. The first-order chi connectivity index (χ1) is 6.61. The highest BCUT2D eigenvalue weighted by Crippen LogP contribution is 2.30. The first kappa shape index (κ1) is 9.40. The van der Waals surface area contributed by atoms with E-state index in [2.05, 4.69) is 11.9 Å². The number of hydrogen-bond acceptors (Lipinski definition) is 3. The van der Waals surface area contributed by atoms with Crippen LogP contribution in [0.15, 0.2) is 12.2 Å². The van der Waals surface area contributed by atoms with E-state index in [1.807, 2.05) is 0 Å². The number of nitrogens with one attached hydrogen (secondary N) is 1. The fourth-order valence-corrected chi connectivity index (χ4v) is 1.82.